The van der Waals surface area contributed by atoms with Gasteiger partial charge < -0.3 is 10.2 Å². The molecule has 0 spiro atoms. The van der Waals surface area contributed by atoms with E-state index < -0.39 is 10.0 Å². The van der Waals surface area contributed by atoms with Crippen LogP contribution < -0.4 is 14.9 Å². The van der Waals surface area contributed by atoms with Crippen LogP contribution in [0.2, 0.25) is 0 Å². The van der Waals surface area contributed by atoms with Crippen LogP contribution in [0, 0.1) is 10.5 Å². The van der Waals surface area contributed by atoms with Gasteiger partial charge in [-0.05, 0) is 66.6 Å². The number of nitrogens with one attached hydrogen (secondary N) is 2. The van der Waals surface area contributed by atoms with Crippen LogP contribution in [-0.2, 0) is 10.0 Å². The number of halogens is 1. The molecule has 2 N–H and O–H groups in total. The third kappa shape index (κ3) is 5.04. The van der Waals surface area contributed by atoms with Gasteiger partial charge in [-0.25, -0.2) is 23.1 Å². The van der Waals surface area contributed by atoms with Crippen molar-refractivity contribution in [3.05, 3.63) is 39.7 Å². The monoisotopic (exact) mass is 487 g/mol. The van der Waals surface area contributed by atoms with Gasteiger partial charge in [-0.15, -0.1) is 0 Å². The fourth-order valence-corrected chi connectivity index (χ4v) is 4.22. The fourth-order valence-electron chi connectivity index (χ4n) is 2.82. The molecule has 2 aromatic rings. The molecule has 1 aromatic carbocycles. The largest absolute Gasteiger partial charge is 0.369 e. The average Bonchev–Trinajstić information content (AvgIpc) is 3.13. The van der Waals surface area contributed by atoms with Crippen molar-refractivity contribution in [3.8, 4) is 0 Å². The molecule has 140 valence electrons. The van der Waals surface area contributed by atoms with Crippen LogP contribution in [0.4, 0.5) is 11.6 Å². The molecule has 0 unspecified atom stereocenters. The number of hydrogen-bond donors (Lipinski definition) is 2. The van der Waals surface area contributed by atoms with Crippen LogP contribution in [0.5, 0.6) is 0 Å². The first-order valence-corrected chi connectivity index (χ1v) is 11.1. The molecule has 0 saturated carbocycles. The van der Waals surface area contributed by atoms with Crippen molar-refractivity contribution in [1.29, 1.82) is 0 Å². The lowest BCUT2D eigenvalue weighted by Crippen LogP contribution is -2.29. The number of sulfonamides is 1. The third-order valence-electron chi connectivity index (χ3n) is 4.10. The Morgan fingerprint density at radius 1 is 1.12 bits per heavy atom. The summed E-state index contributed by atoms with van der Waals surface area (Å²) in [6.45, 7) is 4.62. The van der Waals surface area contributed by atoms with Crippen molar-refractivity contribution in [2.75, 3.05) is 36.4 Å². The standard InChI is InChI=1S/C17H22IN5O2S/c1-13-21-16(12-17(22-13)23-10-2-3-11-23)19-8-9-20-26(24,25)15-6-4-14(18)5-7-15/h4-7,12,20H,2-3,8-11H2,1H3,(H,19,21,22). The zero-order valence-electron chi connectivity index (χ0n) is 14.6. The quantitative estimate of drug-likeness (QED) is 0.461. The van der Waals surface area contributed by atoms with Crippen LogP contribution in [0.15, 0.2) is 35.2 Å². The van der Waals surface area contributed by atoms with Gasteiger partial charge in [0.2, 0.25) is 10.0 Å². The summed E-state index contributed by atoms with van der Waals surface area (Å²) in [5.74, 6) is 2.35. The summed E-state index contributed by atoms with van der Waals surface area (Å²) >= 11 is 2.14. The van der Waals surface area contributed by atoms with Crippen LogP contribution in [0.25, 0.3) is 0 Å². The first-order valence-electron chi connectivity index (χ1n) is 8.54. The zero-order chi connectivity index (χ0) is 18.6. The van der Waals surface area contributed by atoms with E-state index in [0.717, 1.165) is 22.5 Å². The van der Waals surface area contributed by atoms with Gasteiger partial charge in [-0.2, -0.15) is 0 Å². The molecular formula is C17H22IN5O2S. The SMILES string of the molecule is Cc1nc(NCCNS(=O)(=O)c2ccc(I)cc2)cc(N2CCCC2)n1. The van der Waals surface area contributed by atoms with E-state index in [0.29, 0.717) is 18.2 Å². The van der Waals surface area contributed by atoms with Gasteiger partial charge in [-0.3, -0.25) is 0 Å². The summed E-state index contributed by atoms with van der Waals surface area (Å²) in [6.07, 6.45) is 2.37. The maximum atomic E-state index is 12.3. The highest BCUT2D eigenvalue weighted by Gasteiger charge is 2.15. The van der Waals surface area contributed by atoms with E-state index >= 15 is 0 Å². The number of aromatic nitrogens is 2. The molecule has 1 aliphatic rings. The van der Waals surface area contributed by atoms with Gasteiger partial charge in [0.05, 0.1) is 4.90 Å². The second-order valence-electron chi connectivity index (χ2n) is 6.13. The molecular weight excluding hydrogens is 465 g/mol. The summed E-state index contributed by atoms with van der Waals surface area (Å²) in [7, 11) is -3.50. The zero-order valence-corrected chi connectivity index (χ0v) is 17.5. The molecule has 7 nitrogen and oxygen atoms in total. The lowest BCUT2D eigenvalue weighted by molar-refractivity contribution is 0.583. The van der Waals surface area contributed by atoms with Gasteiger partial charge in [0.15, 0.2) is 0 Å². The van der Waals surface area contributed by atoms with Crippen molar-refractivity contribution < 1.29 is 8.42 Å². The summed E-state index contributed by atoms with van der Waals surface area (Å²) in [6, 6.07) is 8.68. The van der Waals surface area contributed by atoms with E-state index in [9.17, 15) is 8.42 Å². The van der Waals surface area contributed by atoms with Crippen molar-refractivity contribution >= 4 is 44.2 Å². The second-order valence-corrected chi connectivity index (χ2v) is 9.14. The van der Waals surface area contributed by atoms with Crippen LogP contribution >= 0.6 is 22.6 Å². The van der Waals surface area contributed by atoms with Crippen molar-refractivity contribution in [3.63, 3.8) is 0 Å². The normalized spacial score (nSPS) is 14.6. The molecule has 26 heavy (non-hydrogen) atoms. The highest BCUT2D eigenvalue weighted by Crippen LogP contribution is 2.20. The van der Waals surface area contributed by atoms with Crippen molar-refractivity contribution in [1.82, 2.24) is 14.7 Å². The molecule has 3 rings (SSSR count). The van der Waals surface area contributed by atoms with E-state index in [1.165, 1.54) is 12.8 Å². The van der Waals surface area contributed by atoms with Crippen molar-refractivity contribution in [2.24, 2.45) is 0 Å². The first-order chi connectivity index (χ1) is 12.4. The summed E-state index contributed by atoms with van der Waals surface area (Å²) in [4.78, 5) is 11.4. The van der Waals surface area contributed by atoms with Crippen LogP contribution in [0.3, 0.4) is 0 Å². The Kier molecular flexibility index (Phi) is 6.30. The number of rotatable bonds is 7. The van der Waals surface area contributed by atoms with Gasteiger partial charge in [-0.1, -0.05) is 0 Å². The topological polar surface area (TPSA) is 87.2 Å². The average molecular weight is 487 g/mol. The Balaban J connectivity index is 1.55. The molecule has 1 fully saturated rings. The van der Waals surface area contributed by atoms with E-state index in [2.05, 4.69) is 47.5 Å². The Hall–Kier alpha value is -1.46. The van der Waals surface area contributed by atoms with E-state index in [4.69, 9.17) is 0 Å². The maximum absolute atomic E-state index is 12.3. The predicted octanol–water partition coefficient (Wildman–Crippen LogP) is 2.38. The molecule has 1 aromatic heterocycles. The van der Waals surface area contributed by atoms with Crippen LogP contribution in [-0.4, -0.2) is 44.6 Å². The predicted molar refractivity (Wildman–Crippen MR) is 111 cm³/mol. The second kappa shape index (κ2) is 8.49. The van der Waals surface area contributed by atoms with E-state index in [1.807, 2.05) is 13.0 Å². The van der Waals surface area contributed by atoms with Crippen LogP contribution in [0.1, 0.15) is 18.7 Å². The lowest BCUT2D eigenvalue weighted by Gasteiger charge is -2.17. The molecule has 0 aliphatic carbocycles. The lowest BCUT2D eigenvalue weighted by atomic mass is 10.4. The third-order valence-corrected chi connectivity index (χ3v) is 6.30. The molecule has 9 heteroatoms. The molecule has 0 amide bonds. The van der Waals surface area contributed by atoms with E-state index in [-0.39, 0.29) is 11.4 Å². The number of anilines is 2. The minimum atomic E-state index is -3.50. The van der Waals surface area contributed by atoms with E-state index in [1.54, 1.807) is 24.3 Å². The summed E-state index contributed by atoms with van der Waals surface area (Å²) < 4.78 is 28.1. The Labute approximate surface area is 167 Å². The Bertz CT molecular complexity index is 852. The molecule has 2 heterocycles. The summed E-state index contributed by atoms with van der Waals surface area (Å²) in [5, 5.41) is 3.18. The fraction of sp³-hybridized carbons (Fsp3) is 0.412. The maximum Gasteiger partial charge on any atom is 0.240 e. The smallest absolute Gasteiger partial charge is 0.240 e. The Morgan fingerprint density at radius 2 is 1.81 bits per heavy atom. The first kappa shape index (κ1) is 19.3. The highest BCUT2D eigenvalue weighted by molar-refractivity contribution is 14.1. The Morgan fingerprint density at radius 3 is 2.50 bits per heavy atom. The molecule has 1 saturated heterocycles. The number of nitrogens with zero attached hydrogens (tertiary/aromatic N) is 3. The highest BCUT2D eigenvalue weighted by atomic mass is 127. The molecule has 0 radical (unpaired) electrons. The number of benzene rings is 1. The van der Waals surface area contributed by atoms with Gasteiger partial charge >= 0.3 is 0 Å². The van der Waals surface area contributed by atoms with Crippen molar-refractivity contribution in [2.45, 2.75) is 24.7 Å². The molecule has 0 bridgehead atoms. The minimum Gasteiger partial charge on any atom is -0.369 e. The van der Waals surface area contributed by atoms with Gasteiger partial charge in [0.25, 0.3) is 0 Å². The molecule has 1 aliphatic heterocycles. The minimum absolute atomic E-state index is 0.270. The van der Waals surface area contributed by atoms with Gasteiger partial charge in [0.1, 0.15) is 17.5 Å². The molecule has 0 atom stereocenters. The van der Waals surface area contributed by atoms with Gasteiger partial charge in [0, 0.05) is 35.8 Å². The number of aryl methyl sites for hydroxylation is 1. The summed E-state index contributed by atoms with van der Waals surface area (Å²) in [5.41, 5.74) is 0. The number of hydrogen-bond acceptors (Lipinski definition) is 6.